The van der Waals surface area contributed by atoms with Gasteiger partial charge >= 0.3 is 0 Å². The van der Waals surface area contributed by atoms with Crippen LogP contribution < -0.4 is 10.6 Å². The molecule has 11 heavy (non-hydrogen) atoms. The second kappa shape index (κ2) is 2.87. The van der Waals surface area contributed by atoms with Crippen LogP contribution in [-0.4, -0.2) is 24.9 Å². The predicted octanol–water partition coefficient (Wildman–Crippen LogP) is 0.493. The zero-order chi connectivity index (χ0) is 8.43. The summed E-state index contributed by atoms with van der Waals surface area (Å²) in [5.41, 5.74) is 5.79. The van der Waals surface area contributed by atoms with E-state index in [1.807, 2.05) is 19.0 Å². The first-order valence-electron chi connectivity index (χ1n) is 3.08. The fourth-order valence-corrected chi connectivity index (χ4v) is 1.35. The van der Waals surface area contributed by atoms with Gasteiger partial charge < -0.3 is 10.6 Å². The highest BCUT2D eigenvalue weighted by atomic mass is 32.1. The van der Waals surface area contributed by atoms with E-state index in [0.29, 0.717) is 5.69 Å². The highest BCUT2D eigenvalue weighted by Gasteiger charge is 2.04. The summed E-state index contributed by atoms with van der Waals surface area (Å²) in [6, 6.07) is 0. The summed E-state index contributed by atoms with van der Waals surface area (Å²) in [5.74, 6) is 0.0225. The maximum absolute atomic E-state index is 7.09. The van der Waals surface area contributed by atoms with Gasteiger partial charge in [-0.2, -0.15) is 0 Å². The third-order valence-corrected chi connectivity index (χ3v) is 2.16. The quantitative estimate of drug-likeness (QED) is 0.501. The Labute approximate surface area is 69.2 Å². The van der Waals surface area contributed by atoms with Gasteiger partial charge in [0, 0.05) is 19.5 Å². The number of nitrogens with two attached hydrogens (primary N) is 1. The maximum atomic E-state index is 7.09. The van der Waals surface area contributed by atoms with E-state index < -0.39 is 0 Å². The zero-order valence-corrected chi connectivity index (χ0v) is 7.27. The second-order valence-corrected chi connectivity index (χ2v) is 3.16. The van der Waals surface area contributed by atoms with Crippen molar-refractivity contribution in [1.29, 1.82) is 5.41 Å². The van der Waals surface area contributed by atoms with Gasteiger partial charge in [-0.25, -0.2) is 4.98 Å². The average molecular weight is 170 g/mol. The minimum Gasteiger partial charge on any atom is -0.382 e. The predicted molar refractivity (Wildman–Crippen MR) is 47.5 cm³/mol. The van der Waals surface area contributed by atoms with Gasteiger partial charge in [0.15, 0.2) is 5.13 Å². The Morgan fingerprint density at radius 1 is 1.73 bits per heavy atom. The lowest BCUT2D eigenvalue weighted by atomic mass is 10.5. The van der Waals surface area contributed by atoms with Crippen LogP contribution >= 0.6 is 11.3 Å². The van der Waals surface area contributed by atoms with E-state index in [4.69, 9.17) is 11.1 Å². The van der Waals surface area contributed by atoms with Crippen molar-refractivity contribution >= 4 is 22.3 Å². The Hall–Kier alpha value is -1.10. The van der Waals surface area contributed by atoms with Crippen molar-refractivity contribution in [1.82, 2.24) is 4.98 Å². The van der Waals surface area contributed by atoms with Crippen molar-refractivity contribution in [2.45, 2.75) is 0 Å². The molecule has 1 aromatic rings. The Morgan fingerprint density at radius 2 is 2.36 bits per heavy atom. The van der Waals surface area contributed by atoms with Crippen LogP contribution in [0.5, 0.6) is 0 Å². The molecule has 0 aliphatic heterocycles. The Balaban J connectivity index is 2.90. The summed E-state index contributed by atoms with van der Waals surface area (Å²) in [6.45, 7) is 0. The molecule has 0 atom stereocenters. The van der Waals surface area contributed by atoms with Crippen molar-refractivity contribution in [2.75, 3.05) is 19.0 Å². The number of nitrogen functional groups attached to an aromatic ring is 1. The lowest BCUT2D eigenvalue weighted by Crippen LogP contribution is -2.13. The van der Waals surface area contributed by atoms with E-state index in [1.165, 1.54) is 11.3 Å². The van der Waals surface area contributed by atoms with E-state index >= 15 is 0 Å². The van der Waals surface area contributed by atoms with Crippen LogP contribution in [0.1, 0.15) is 5.69 Å². The van der Waals surface area contributed by atoms with Gasteiger partial charge in [0.2, 0.25) is 0 Å². The van der Waals surface area contributed by atoms with Crippen LogP contribution in [0.4, 0.5) is 5.13 Å². The summed E-state index contributed by atoms with van der Waals surface area (Å²) in [7, 11) is 3.81. The molecular formula is C6H10N4S. The van der Waals surface area contributed by atoms with Crippen molar-refractivity contribution in [2.24, 2.45) is 5.73 Å². The van der Waals surface area contributed by atoms with E-state index in [2.05, 4.69) is 4.98 Å². The van der Waals surface area contributed by atoms with Crippen molar-refractivity contribution in [3.8, 4) is 0 Å². The van der Waals surface area contributed by atoms with Crippen LogP contribution in [0.2, 0.25) is 0 Å². The topological polar surface area (TPSA) is 66.0 Å². The molecule has 0 spiro atoms. The number of hydrogen-bond donors (Lipinski definition) is 2. The molecule has 0 unspecified atom stereocenters. The minimum atomic E-state index is 0.0225. The lowest BCUT2D eigenvalue weighted by molar-refractivity contribution is 1.10. The summed E-state index contributed by atoms with van der Waals surface area (Å²) < 4.78 is 0. The molecule has 0 radical (unpaired) electrons. The summed E-state index contributed by atoms with van der Waals surface area (Å²) in [4.78, 5) is 5.99. The lowest BCUT2D eigenvalue weighted by Gasteiger charge is -2.05. The van der Waals surface area contributed by atoms with Gasteiger partial charge in [-0.3, -0.25) is 5.41 Å². The van der Waals surface area contributed by atoms with E-state index in [0.717, 1.165) is 5.13 Å². The Bertz CT molecular complexity index is 265. The second-order valence-electron chi connectivity index (χ2n) is 2.32. The zero-order valence-electron chi connectivity index (χ0n) is 6.46. The van der Waals surface area contributed by atoms with Crippen molar-refractivity contribution in [3.05, 3.63) is 11.1 Å². The van der Waals surface area contributed by atoms with Gasteiger partial charge in [0.05, 0.1) is 0 Å². The first-order chi connectivity index (χ1) is 5.11. The van der Waals surface area contributed by atoms with Gasteiger partial charge in [0.25, 0.3) is 0 Å². The van der Waals surface area contributed by atoms with Gasteiger partial charge in [-0.1, -0.05) is 0 Å². The number of hydrogen-bond acceptors (Lipinski definition) is 4. The molecule has 0 bridgehead atoms. The fourth-order valence-electron chi connectivity index (χ4n) is 0.593. The number of nitrogens with zero attached hydrogens (tertiary/aromatic N) is 2. The number of amidine groups is 1. The number of thiazole rings is 1. The molecule has 5 heteroatoms. The van der Waals surface area contributed by atoms with Gasteiger partial charge in [0.1, 0.15) is 11.5 Å². The molecule has 4 nitrogen and oxygen atoms in total. The first kappa shape index (κ1) is 8.00. The molecular weight excluding hydrogens is 160 g/mol. The van der Waals surface area contributed by atoms with Crippen molar-refractivity contribution < 1.29 is 0 Å². The largest absolute Gasteiger partial charge is 0.382 e. The maximum Gasteiger partial charge on any atom is 0.185 e. The SMILES string of the molecule is CN(C)c1nc(C(=N)N)cs1. The van der Waals surface area contributed by atoms with Crippen LogP contribution in [0.25, 0.3) is 0 Å². The summed E-state index contributed by atoms with van der Waals surface area (Å²) in [6.07, 6.45) is 0. The van der Waals surface area contributed by atoms with Gasteiger partial charge in [-0.05, 0) is 0 Å². The normalized spacial score (nSPS) is 9.64. The molecule has 0 aliphatic rings. The molecule has 0 aliphatic carbocycles. The minimum absolute atomic E-state index is 0.0225. The van der Waals surface area contributed by atoms with E-state index in [-0.39, 0.29) is 5.84 Å². The van der Waals surface area contributed by atoms with E-state index in [9.17, 15) is 0 Å². The Morgan fingerprint density at radius 3 is 2.64 bits per heavy atom. The number of anilines is 1. The third kappa shape index (κ3) is 1.68. The van der Waals surface area contributed by atoms with E-state index in [1.54, 1.807) is 5.38 Å². The van der Waals surface area contributed by atoms with Crippen LogP contribution in [-0.2, 0) is 0 Å². The standard InChI is InChI=1S/C6H10N4S/c1-10(2)6-9-4(3-11-6)5(7)8/h3H,1-2H3,(H3,7,8). The van der Waals surface area contributed by atoms with Crippen LogP contribution in [0, 0.1) is 5.41 Å². The molecule has 0 saturated carbocycles. The molecule has 0 amide bonds. The molecule has 3 N–H and O–H groups in total. The van der Waals surface area contributed by atoms with Crippen molar-refractivity contribution in [3.63, 3.8) is 0 Å². The molecule has 1 heterocycles. The number of nitrogens with one attached hydrogen (secondary N) is 1. The van der Waals surface area contributed by atoms with Gasteiger partial charge in [-0.15, -0.1) is 11.3 Å². The summed E-state index contributed by atoms with van der Waals surface area (Å²) >= 11 is 1.48. The molecule has 0 fully saturated rings. The Kier molecular flexibility index (Phi) is 2.09. The summed E-state index contributed by atoms with van der Waals surface area (Å²) in [5, 5.41) is 9.74. The molecule has 1 aromatic heterocycles. The average Bonchev–Trinajstić information content (AvgIpc) is 2.33. The third-order valence-electron chi connectivity index (χ3n) is 1.15. The van der Waals surface area contributed by atoms with Crippen LogP contribution in [0.15, 0.2) is 5.38 Å². The molecule has 1 rings (SSSR count). The smallest absolute Gasteiger partial charge is 0.185 e. The first-order valence-corrected chi connectivity index (χ1v) is 3.96. The highest BCUT2D eigenvalue weighted by molar-refractivity contribution is 7.13. The number of aromatic nitrogens is 1. The number of rotatable bonds is 2. The monoisotopic (exact) mass is 170 g/mol. The molecule has 0 saturated heterocycles. The van der Waals surface area contributed by atoms with Crippen LogP contribution in [0.3, 0.4) is 0 Å². The molecule has 0 aromatic carbocycles. The molecule has 60 valence electrons. The fraction of sp³-hybridized carbons (Fsp3) is 0.333. The highest BCUT2D eigenvalue weighted by Crippen LogP contribution is 2.16.